The van der Waals surface area contributed by atoms with Crippen LogP contribution in [-0.4, -0.2) is 127 Å². The Morgan fingerprint density at radius 2 is 1.79 bits per heavy atom. The maximum absolute atomic E-state index is 14.9. The molecule has 1 aromatic carbocycles. The molecule has 264 valence electrons. The Morgan fingerprint density at radius 3 is 2.40 bits per heavy atom. The minimum atomic E-state index is -1.20. The zero-order valence-electron chi connectivity index (χ0n) is 29.1. The summed E-state index contributed by atoms with van der Waals surface area (Å²) in [6.07, 6.45) is 4.87. The molecule has 0 saturated carbocycles. The van der Waals surface area contributed by atoms with Gasteiger partial charge >= 0.3 is 0 Å². The number of amides is 3. The van der Waals surface area contributed by atoms with Gasteiger partial charge in [0.1, 0.15) is 17.4 Å². The second-order valence-corrected chi connectivity index (χ2v) is 14.1. The van der Waals surface area contributed by atoms with Crippen molar-refractivity contribution in [2.24, 2.45) is 17.8 Å². The van der Waals surface area contributed by atoms with Crippen LogP contribution in [-0.2, 0) is 23.9 Å². The fourth-order valence-electron chi connectivity index (χ4n) is 8.45. The predicted molar refractivity (Wildman–Crippen MR) is 184 cm³/mol. The van der Waals surface area contributed by atoms with Crippen LogP contribution in [0.5, 0.6) is 5.75 Å². The molecule has 2 bridgehead atoms. The standard InChI is InChI=1S/C37H54N4O7/c1-7-16-39(19-18-38-20-22-46-23-21-38)35(45)32-37-15-14-36(6,48-37)30(31(37)34(44)41(32)28(25-42)24-26(4)5)33(43)40(17-8-2)27-10-12-29(13-11-27)47-9-3/h7-8,10-13,26,28,30-32,42H,1-2,9,14-25H2,3-6H3/t28-,30+,31+,32?,36-,37?/m1/s1. The summed E-state index contributed by atoms with van der Waals surface area (Å²) < 4.78 is 18.1. The fraction of sp³-hybridized carbons (Fsp3) is 0.649. The van der Waals surface area contributed by atoms with Crippen LogP contribution in [0.25, 0.3) is 0 Å². The maximum atomic E-state index is 14.9. The van der Waals surface area contributed by atoms with Crippen molar-refractivity contribution < 1.29 is 33.7 Å². The molecule has 1 aromatic rings. The Morgan fingerprint density at radius 1 is 1.10 bits per heavy atom. The predicted octanol–water partition coefficient (Wildman–Crippen LogP) is 3.12. The first kappa shape index (κ1) is 36.0. The highest BCUT2D eigenvalue weighted by Crippen LogP contribution is 2.64. The highest BCUT2D eigenvalue weighted by molar-refractivity contribution is 6.03. The second-order valence-electron chi connectivity index (χ2n) is 14.1. The van der Waals surface area contributed by atoms with Crippen molar-refractivity contribution in [2.75, 3.05) is 70.6 Å². The number of carbonyl (C=O) groups is 3. The first-order valence-electron chi connectivity index (χ1n) is 17.5. The molecule has 4 fully saturated rings. The fourth-order valence-corrected chi connectivity index (χ4v) is 8.45. The number of hydrogen-bond acceptors (Lipinski definition) is 8. The quantitative estimate of drug-likeness (QED) is 0.268. The van der Waals surface area contributed by atoms with Crippen LogP contribution >= 0.6 is 0 Å². The van der Waals surface area contributed by atoms with Crippen molar-refractivity contribution in [3.63, 3.8) is 0 Å². The van der Waals surface area contributed by atoms with Crippen LogP contribution in [0.1, 0.15) is 47.0 Å². The summed E-state index contributed by atoms with van der Waals surface area (Å²) in [6, 6.07) is 5.73. The molecule has 4 saturated heterocycles. The topological polar surface area (TPSA) is 112 Å². The van der Waals surface area contributed by atoms with Gasteiger partial charge in [-0.2, -0.15) is 0 Å². The van der Waals surface area contributed by atoms with Gasteiger partial charge in [-0.1, -0.05) is 26.0 Å². The number of aliphatic hydroxyl groups is 1. The highest BCUT2D eigenvalue weighted by atomic mass is 16.5. The molecule has 4 heterocycles. The van der Waals surface area contributed by atoms with Crippen molar-refractivity contribution in [3.05, 3.63) is 49.6 Å². The van der Waals surface area contributed by atoms with Crippen molar-refractivity contribution in [1.82, 2.24) is 14.7 Å². The van der Waals surface area contributed by atoms with Gasteiger partial charge in [-0.15, -0.1) is 13.2 Å². The molecule has 2 unspecified atom stereocenters. The van der Waals surface area contributed by atoms with Gasteiger partial charge in [-0.25, -0.2) is 0 Å². The van der Waals surface area contributed by atoms with Crippen LogP contribution < -0.4 is 9.64 Å². The van der Waals surface area contributed by atoms with Gasteiger partial charge in [0.05, 0.1) is 49.9 Å². The molecular weight excluding hydrogens is 612 g/mol. The third-order valence-corrected chi connectivity index (χ3v) is 10.6. The molecule has 11 heteroatoms. The molecule has 0 aliphatic carbocycles. The Bertz CT molecular complexity index is 1330. The summed E-state index contributed by atoms with van der Waals surface area (Å²) in [7, 11) is 0. The van der Waals surface area contributed by atoms with Crippen LogP contribution in [0, 0.1) is 17.8 Å². The minimum absolute atomic E-state index is 0.157. The van der Waals surface area contributed by atoms with Gasteiger partial charge in [0.25, 0.3) is 0 Å². The molecule has 0 radical (unpaired) electrons. The van der Waals surface area contributed by atoms with Gasteiger partial charge < -0.3 is 34.0 Å². The molecule has 5 rings (SSSR count). The molecule has 1 N–H and O–H groups in total. The zero-order chi connectivity index (χ0) is 34.6. The molecule has 6 atom stereocenters. The monoisotopic (exact) mass is 666 g/mol. The zero-order valence-corrected chi connectivity index (χ0v) is 29.1. The second kappa shape index (κ2) is 15.1. The molecule has 48 heavy (non-hydrogen) atoms. The molecule has 3 amide bonds. The molecule has 11 nitrogen and oxygen atoms in total. The Hall–Kier alpha value is -3.25. The molecule has 4 aliphatic heterocycles. The molecule has 0 aromatic heterocycles. The van der Waals surface area contributed by atoms with E-state index in [1.54, 1.807) is 26.9 Å². The summed E-state index contributed by atoms with van der Waals surface area (Å²) in [6.45, 7) is 20.5. The molecule has 1 spiro atoms. The van der Waals surface area contributed by atoms with Crippen molar-refractivity contribution in [3.8, 4) is 5.75 Å². The number of nitrogens with zero attached hydrogens (tertiary/aromatic N) is 4. The van der Waals surface area contributed by atoms with Gasteiger partial charge in [0, 0.05) is 45.0 Å². The summed E-state index contributed by atoms with van der Waals surface area (Å²) in [5, 5.41) is 10.7. The van der Waals surface area contributed by atoms with E-state index in [0.29, 0.717) is 70.2 Å². The van der Waals surface area contributed by atoms with Gasteiger partial charge in [-0.3, -0.25) is 19.3 Å². The lowest BCUT2D eigenvalue weighted by molar-refractivity contribution is -0.155. The lowest BCUT2D eigenvalue weighted by Crippen LogP contribution is -2.59. The van der Waals surface area contributed by atoms with Crippen molar-refractivity contribution >= 4 is 23.4 Å². The van der Waals surface area contributed by atoms with Gasteiger partial charge in [0.2, 0.25) is 17.7 Å². The van der Waals surface area contributed by atoms with E-state index in [4.69, 9.17) is 14.2 Å². The maximum Gasteiger partial charge on any atom is 0.248 e. The largest absolute Gasteiger partial charge is 0.494 e. The smallest absolute Gasteiger partial charge is 0.248 e. The Labute approximate surface area is 285 Å². The Kier molecular flexibility index (Phi) is 11.3. The van der Waals surface area contributed by atoms with E-state index >= 15 is 0 Å². The van der Waals surface area contributed by atoms with E-state index in [2.05, 4.69) is 18.1 Å². The average Bonchev–Trinajstić information content (AvgIpc) is 3.65. The van der Waals surface area contributed by atoms with Crippen LogP contribution in [0.3, 0.4) is 0 Å². The van der Waals surface area contributed by atoms with Gasteiger partial charge in [0.15, 0.2) is 0 Å². The number of likely N-dealkylation sites (tertiary alicyclic amines) is 1. The Balaban J connectivity index is 1.53. The van der Waals surface area contributed by atoms with Crippen LogP contribution in [0.4, 0.5) is 5.69 Å². The number of morpholine rings is 1. The number of anilines is 1. The van der Waals surface area contributed by atoms with Crippen molar-refractivity contribution in [1.29, 1.82) is 0 Å². The summed E-state index contributed by atoms with van der Waals surface area (Å²) in [5.41, 5.74) is -1.49. The summed E-state index contributed by atoms with van der Waals surface area (Å²) in [5.74, 6) is -1.62. The number of hydrogen-bond donors (Lipinski definition) is 1. The lowest BCUT2D eigenvalue weighted by Gasteiger charge is -2.40. The first-order valence-corrected chi connectivity index (χ1v) is 17.5. The van der Waals surface area contributed by atoms with Crippen LogP contribution in [0.2, 0.25) is 0 Å². The number of benzene rings is 1. The number of rotatable bonds is 16. The van der Waals surface area contributed by atoms with Crippen LogP contribution in [0.15, 0.2) is 49.6 Å². The third kappa shape index (κ3) is 6.66. The van der Waals surface area contributed by atoms with E-state index in [9.17, 15) is 19.5 Å². The van der Waals surface area contributed by atoms with Crippen molar-refractivity contribution in [2.45, 2.75) is 70.2 Å². The SMILES string of the molecule is C=CCN(CCN1CCOCC1)C(=O)C1N([C@@H](CO)CC(C)C)C(=O)[C@@H]2[C@@H](C(=O)N(CC=C)c3ccc(OCC)cc3)[C@@]3(C)CCC12O3. The first-order chi connectivity index (χ1) is 23.0. The average molecular weight is 667 g/mol. The van der Waals surface area contributed by atoms with E-state index < -0.39 is 35.1 Å². The van der Waals surface area contributed by atoms with Gasteiger partial charge in [-0.05, 0) is 63.3 Å². The van der Waals surface area contributed by atoms with E-state index in [-0.39, 0.29) is 36.8 Å². The number of fused-ring (bicyclic) bond motifs is 1. The lowest BCUT2D eigenvalue weighted by atomic mass is 9.66. The van der Waals surface area contributed by atoms with E-state index in [0.717, 1.165) is 13.1 Å². The number of aliphatic hydroxyl groups excluding tert-OH is 1. The van der Waals surface area contributed by atoms with E-state index in [1.165, 1.54) is 0 Å². The highest BCUT2D eigenvalue weighted by Gasteiger charge is 2.79. The summed E-state index contributed by atoms with van der Waals surface area (Å²) >= 11 is 0. The van der Waals surface area contributed by atoms with E-state index in [1.807, 2.05) is 52.0 Å². The number of ether oxygens (including phenoxy) is 3. The summed E-state index contributed by atoms with van der Waals surface area (Å²) in [4.78, 5) is 51.8. The molecule has 4 aliphatic rings. The number of carbonyl (C=O) groups excluding carboxylic acids is 3. The molecular formula is C37H54N4O7. The minimum Gasteiger partial charge on any atom is -0.494 e. The normalized spacial score (nSPS) is 28.8. The third-order valence-electron chi connectivity index (χ3n) is 10.6.